The molecule has 0 spiro atoms. The average molecular weight is 439 g/mol. The van der Waals surface area contributed by atoms with E-state index in [1.807, 2.05) is 69.1 Å². The Kier molecular flexibility index (Phi) is 7.09. The Labute approximate surface area is 186 Å². The molecule has 0 saturated carbocycles. The van der Waals surface area contributed by atoms with Crippen molar-refractivity contribution in [1.82, 2.24) is 9.27 Å². The van der Waals surface area contributed by atoms with Gasteiger partial charge in [0.2, 0.25) is 5.06 Å². The molecule has 1 unspecified atom stereocenters. The van der Waals surface area contributed by atoms with Crippen LogP contribution in [0.15, 0.2) is 47.5 Å². The van der Waals surface area contributed by atoms with Crippen LogP contribution in [0.5, 0.6) is 10.8 Å². The Hall–Kier alpha value is -2.88. The van der Waals surface area contributed by atoms with Crippen molar-refractivity contribution in [3.05, 3.63) is 69.9 Å². The maximum Gasteiger partial charge on any atom is 0.218 e. The Balaban J connectivity index is 1.88. The highest BCUT2D eigenvalue weighted by molar-refractivity contribution is 7.08. The number of ether oxygens (including phenoxy) is 1. The molecule has 0 fully saturated rings. The van der Waals surface area contributed by atoms with Crippen molar-refractivity contribution in [3.63, 3.8) is 0 Å². The first-order valence-corrected chi connectivity index (χ1v) is 10.8. The monoisotopic (exact) mass is 438 g/mol. The van der Waals surface area contributed by atoms with Crippen LogP contribution < -0.4 is 4.74 Å². The summed E-state index contributed by atoms with van der Waals surface area (Å²) < 4.78 is 10.6. The number of nitrogens with zero attached hydrogens (tertiary/aromatic N) is 4. The standard InChI is InChI=1S/C23H23ClN4OS/c1-5-28(4)14-26-20-11-15(2)21(12-19(20)24)29-23-18(13-25)22(27-30-23)16(3)17-9-7-6-8-10-17/h6-12,14,16H,5H2,1-4H3/b26-14-. The third kappa shape index (κ3) is 4.81. The number of rotatable bonds is 7. The second-order valence-corrected chi connectivity index (χ2v) is 8.11. The minimum atomic E-state index is -0.00796. The molecule has 2 aromatic carbocycles. The van der Waals surface area contributed by atoms with E-state index in [2.05, 4.69) is 15.4 Å². The van der Waals surface area contributed by atoms with E-state index in [0.29, 0.717) is 27.1 Å². The van der Waals surface area contributed by atoms with E-state index in [1.54, 1.807) is 12.4 Å². The van der Waals surface area contributed by atoms with E-state index in [1.165, 1.54) is 11.5 Å². The maximum atomic E-state index is 9.76. The molecule has 0 aliphatic carbocycles. The fourth-order valence-corrected chi connectivity index (χ4v) is 3.86. The van der Waals surface area contributed by atoms with Gasteiger partial charge in [-0.15, -0.1) is 0 Å². The topological polar surface area (TPSA) is 61.5 Å². The number of aryl methyl sites for hydroxylation is 1. The molecule has 5 nitrogen and oxygen atoms in total. The summed E-state index contributed by atoms with van der Waals surface area (Å²) in [6.45, 7) is 6.87. The van der Waals surface area contributed by atoms with Gasteiger partial charge in [-0.25, -0.2) is 4.99 Å². The van der Waals surface area contributed by atoms with Crippen molar-refractivity contribution >= 4 is 35.2 Å². The summed E-state index contributed by atoms with van der Waals surface area (Å²) in [5.41, 5.74) is 3.82. The molecule has 0 aliphatic rings. The molecule has 1 atom stereocenters. The van der Waals surface area contributed by atoms with Gasteiger partial charge in [0.15, 0.2) is 0 Å². The second-order valence-electron chi connectivity index (χ2n) is 6.96. The molecule has 1 heterocycles. The highest BCUT2D eigenvalue weighted by atomic mass is 35.5. The van der Waals surface area contributed by atoms with Crippen molar-refractivity contribution in [2.45, 2.75) is 26.7 Å². The van der Waals surface area contributed by atoms with Crippen molar-refractivity contribution in [3.8, 4) is 16.9 Å². The second kappa shape index (κ2) is 9.75. The van der Waals surface area contributed by atoms with Crippen molar-refractivity contribution in [2.75, 3.05) is 13.6 Å². The van der Waals surface area contributed by atoms with Gasteiger partial charge in [-0.2, -0.15) is 9.64 Å². The van der Waals surface area contributed by atoms with Gasteiger partial charge in [0, 0.05) is 37.1 Å². The number of nitriles is 1. The summed E-state index contributed by atoms with van der Waals surface area (Å²) in [4.78, 5) is 6.39. The highest BCUT2D eigenvalue weighted by Crippen LogP contribution is 2.40. The number of hydrogen-bond acceptors (Lipinski definition) is 5. The number of aliphatic imine (C=N–C) groups is 1. The summed E-state index contributed by atoms with van der Waals surface area (Å²) >= 11 is 7.59. The number of hydrogen-bond donors (Lipinski definition) is 0. The molecule has 3 aromatic rings. The van der Waals surface area contributed by atoms with Gasteiger partial charge in [-0.3, -0.25) is 0 Å². The van der Waals surface area contributed by atoms with Gasteiger partial charge in [0.05, 0.1) is 22.7 Å². The molecule has 0 saturated heterocycles. The SMILES string of the molecule is CCN(C)/C=N\c1cc(C)c(Oc2snc(C(C)c3ccccc3)c2C#N)cc1Cl. The summed E-state index contributed by atoms with van der Waals surface area (Å²) in [5.74, 6) is 0.577. The molecule has 0 radical (unpaired) electrons. The van der Waals surface area contributed by atoms with Crippen LogP contribution in [0.25, 0.3) is 0 Å². The van der Waals surface area contributed by atoms with Crippen LogP contribution in [0, 0.1) is 18.3 Å². The first-order valence-electron chi connectivity index (χ1n) is 9.61. The van der Waals surface area contributed by atoms with E-state index in [-0.39, 0.29) is 5.92 Å². The van der Waals surface area contributed by atoms with Crippen molar-refractivity contribution < 1.29 is 4.74 Å². The summed E-state index contributed by atoms with van der Waals surface area (Å²) in [7, 11) is 1.95. The highest BCUT2D eigenvalue weighted by Gasteiger charge is 2.22. The zero-order valence-electron chi connectivity index (χ0n) is 17.4. The first-order chi connectivity index (χ1) is 14.4. The van der Waals surface area contributed by atoms with E-state index in [4.69, 9.17) is 16.3 Å². The van der Waals surface area contributed by atoms with Gasteiger partial charge in [0.25, 0.3) is 0 Å². The third-order valence-electron chi connectivity index (χ3n) is 4.85. The summed E-state index contributed by atoms with van der Waals surface area (Å²) in [5, 5.41) is 10.7. The Morgan fingerprint density at radius 3 is 2.73 bits per heavy atom. The smallest absolute Gasteiger partial charge is 0.218 e. The fourth-order valence-electron chi connectivity index (χ4n) is 2.85. The predicted molar refractivity (Wildman–Crippen MR) is 124 cm³/mol. The normalized spacial score (nSPS) is 12.0. The molecule has 7 heteroatoms. The van der Waals surface area contributed by atoms with E-state index >= 15 is 0 Å². The van der Waals surface area contributed by atoms with Crippen LogP contribution >= 0.6 is 23.1 Å². The molecule has 154 valence electrons. The van der Waals surface area contributed by atoms with Crippen molar-refractivity contribution in [2.24, 2.45) is 4.99 Å². The summed E-state index contributed by atoms with van der Waals surface area (Å²) in [6.07, 6.45) is 1.75. The average Bonchev–Trinajstić information content (AvgIpc) is 3.17. The fraction of sp³-hybridized carbons (Fsp3) is 0.261. The van der Waals surface area contributed by atoms with Crippen LogP contribution in [-0.2, 0) is 0 Å². The molecule has 0 bridgehead atoms. The Morgan fingerprint density at radius 1 is 1.33 bits per heavy atom. The van der Waals surface area contributed by atoms with Gasteiger partial charge >= 0.3 is 0 Å². The Morgan fingerprint density at radius 2 is 2.07 bits per heavy atom. The third-order valence-corrected chi connectivity index (χ3v) is 5.89. The van der Waals surface area contributed by atoms with Crippen LogP contribution in [0.4, 0.5) is 5.69 Å². The summed E-state index contributed by atoms with van der Waals surface area (Å²) in [6, 6.07) is 15.9. The van der Waals surface area contributed by atoms with E-state index < -0.39 is 0 Å². The number of halogens is 1. The van der Waals surface area contributed by atoms with Crippen LogP contribution in [0.1, 0.15) is 42.1 Å². The predicted octanol–water partition coefficient (Wildman–Crippen LogP) is 6.53. The largest absolute Gasteiger partial charge is 0.443 e. The van der Waals surface area contributed by atoms with Gasteiger partial charge in [-0.1, -0.05) is 48.9 Å². The molecule has 1 aromatic heterocycles. The molecular weight excluding hydrogens is 416 g/mol. The lowest BCUT2D eigenvalue weighted by Gasteiger charge is -2.12. The quantitative estimate of drug-likeness (QED) is 0.310. The molecule has 3 rings (SSSR count). The van der Waals surface area contributed by atoms with Crippen LogP contribution in [0.3, 0.4) is 0 Å². The lowest BCUT2D eigenvalue weighted by molar-refractivity contribution is 0.490. The lowest BCUT2D eigenvalue weighted by atomic mass is 9.95. The van der Waals surface area contributed by atoms with Gasteiger partial charge in [0.1, 0.15) is 17.4 Å². The molecule has 0 amide bonds. The maximum absolute atomic E-state index is 9.76. The van der Waals surface area contributed by atoms with E-state index in [9.17, 15) is 5.26 Å². The number of benzene rings is 2. The minimum absolute atomic E-state index is 0.00796. The molecular formula is C23H23ClN4OS. The Bertz CT molecular complexity index is 1090. The minimum Gasteiger partial charge on any atom is -0.443 e. The molecule has 0 N–H and O–H groups in total. The van der Waals surface area contributed by atoms with Gasteiger partial charge < -0.3 is 9.64 Å². The zero-order chi connectivity index (χ0) is 21.7. The molecule has 0 aliphatic heterocycles. The molecule has 30 heavy (non-hydrogen) atoms. The number of aromatic nitrogens is 1. The first kappa shape index (κ1) is 21.8. The van der Waals surface area contributed by atoms with Crippen LogP contribution in [0.2, 0.25) is 5.02 Å². The van der Waals surface area contributed by atoms with Gasteiger partial charge in [-0.05, 0) is 31.0 Å². The lowest BCUT2D eigenvalue weighted by Crippen LogP contribution is -2.14. The zero-order valence-corrected chi connectivity index (χ0v) is 19.0. The van der Waals surface area contributed by atoms with Crippen LogP contribution in [-0.4, -0.2) is 29.2 Å². The van der Waals surface area contributed by atoms with E-state index in [0.717, 1.165) is 23.4 Å². The van der Waals surface area contributed by atoms with Crippen molar-refractivity contribution in [1.29, 1.82) is 5.26 Å².